The van der Waals surface area contributed by atoms with Crippen molar-refractivity contribution in [1.29, 1.82) is 0 Å². The molecule has 0 fully saturated rings. The molecule has 1 aliphatic heterocycles. The van der Waals surface area contributed by atoms with Crippen LogP contribution in [-0.4, -0.2) is 11.3 Å². The van der Waals surface area contributed by atoms with E-state index in [-0.39, 0.29) is 7.92 Å². The SMILES string of the molecule is CC(C)(C)[PH+]1C=CCC1. The van der Waals surface area contributed by atoms with Crippen molar-refractivity contribution in [1.82, 2.24) is 0 Å². The monoisotopic (exact) mass is 143 g/mol. The number of hydrogen-bond donors (Lipinski definition) is 0. The van der Waals surface area contributed by atoms with Gasteiger partial charge >= 0.3 is 0 Å². The first-order valence-corrected chi connectivity index (χ1v) is 5.42. The van der Waals surface area contributed by atoms with Gasteiger partial charge < -0.3 is 0 Å². The second-order valence-corrected chi connectivity index (χ2v) is 7.10. The van der Waals surface area contributed by atoms with Crippen LogP contribution in [0.4, 0.5) is 0 Å². The molecule has 0 bridgehead atoms. The minimum Gasteiger partial charge on any atom is -0.0462 e. The van der Waals surface area contributed by atoms with E-state index in [2.05, 4.69) is 32.7 Å². The molecule has 0 radical (unpaired) electrons. The van der Waals surface area contributed by atoms with Gasteiger partial charge in [0.2, 0.25) is 0 Å². The van der Waals surface area contributed by atoms with E-state index in [0.29, 0.717) is 5.16 Å². The van der Waals surface area contributed by atoms with Crippen molar-refractivity contribution in [2.45, 2.75) is 32.3 Å². The smallest absolute Gasteiger partial charge is 0.0462 e. The fourth-order valence-corrected chi connectivity index (χ4v) is 3.52. The van der Waals surface area contributed by atoms with Crippen molar-refractivity contribution < 1.29 is 0 Å². The van der Waals surface area contributed by atoms with Crippen molar-refractivity contribution in [3.8, 4) is 0 Å². The van der Waals surface area contributed by atoms with Crippen LogP contribution in [0, 0.1) is 0 Å². The van der Waals surface area contributed by atoms with Crippen molar-refractivity contribution in [2.24, 2.45) is 0 Å². The van der Waals surface area contributed by atoms with Gasteiger partial charge in [-0.3, -0.25) is 0 Å². The van der Waals surface area contributed by atoms with E-state index >= 15 is 0 Å². The Hall–Kier alpha value is 0.170. The highest BCUT2D eigenvalue weighted by atomic mass is 31.1. The Labute approximate surface area is 59.1 Å². The summed E-state index contributed by atoms with van der Waals surface area (Å²) in [7, 11) is -0.108. The van der Waals surface area contributed by atoms with E-state index in [1.807, 2.05) is 0 Å². The summed E-state index contributed by atoms with van der Waals surface area (Å²) in [5, 5.41) is 0.595. The lowest BCUT2D eigenvalue weighted by Gasteiger charge is -2.17. The van der Waals surface area contributed by atoms with Gasteiger partial charge in [0.05, 0.1) is 17.1 Å². The van der Waals surface area contributed by atoms with Crippen molar-refractivity contribution in [2.75, 3.05) is 6.16 Å². The van der Waals surface area contributed by atoms with Crippen LogP contribution in [0.5, 0.6) is 0 Å². The quantitative estimate of drug-likeness (QED) is 0.457. The second-order valence-electron chi connectivity index (χ2n) is 3.72. The molecule has 0 saturated heterocycles. The molecule has 9 heavy (non-hydrogen) atoms. The Morgan fingerprint density at radius 2 is 2.00 bits per heavy atom. The Kier molecular flexibility index (Phi) is 1.96. The van der Waals surface area contributed by atoms with Gasteiger partial charge in [0.1, 0.15) is 0 Å². The van der Waals surface area contributed by atoms with E-state index < -0.39 is 0 Å². The molecule has 0 aromatic carbocycles. The highest BCUT2D eigenvalue weighted by molar-refractivity contribution is 7.62. The van der Waals surface area contributed by atoms with Crippen molar-refractivity contribution in [3.63, 3.8) is 0 Å². The number of allylic oxidation sites excluding steroid dienone is 1. The summed E-state index contributed by atoms with van der Waals surface area (Å²) in [4.78, 5) is 0. The zero-order valence-corrected chi connectivity index (χ0v) is 7.57. The summed E-state index contributed by atoms with van der Waals surface area (Å²) >= 11 is 0. The van der Waals surface area contributed by atoms with E-state index in [4.69, 9.17) is 0 Å². The number of hydrogen-bond acceptors (Lipinski definition) is 0. The lowest BCUT2D eigenvalue weighted by molar-refractivity contribution is 0.787. The van der Waals surface area contributed by atoms with Crippen LogP contribution < -0.4 is 0 Å². The zero-order valence-electron chi connectivity index (χ0n) is 6.57. The number of rotatable bonds is 0. The summed E-state index contributed by atoms with van der Waals surface area (Å²) in [6.45, 7) is 7.07. The van der Waals surface area contributed by atoms with Crippen LogP contribution in [0.2, 0.25) is 0 Å². The minimum absolute atomic E-state index is 0.108. The van der Waals surface area contributed by atoms with Crippen LogP contribution in [0.3, 0.4) is 0 Å². The Morgan fingerprint density at radius 1 is 1.33 bits per heavy atom. The van der Waals surface area contributed by atoms with Gasteiger partial charge in [-0.25, -0.2) is 0 Å². The molecule has 0 aromatic rings. The van der Waals surface area contributed by atoms with Gasteiger partial charge in [0, 0.05) is 14.3 Å². The molecule has 1 heterocycles. The molecule has 52 valence electrons. The third-order valence-corrected chi connectivity index (χ3v) is 5.25. The third-order valence-electron chi connectivity index (χ3n) is 1.86. The molecule has 0 nitrogen and oxygen atoms in total. The van der Waals surface area contributed by atoms with Crippen LogP contribution in [0.25, 0.3) is 0 Å². The molecule has 1 atom stereocenters. The van der Waals surface area contributed by atoms with Gasteiger partial charge in [-0.15, -0.1) is 0 Å². The summed E-state index contributed by atoms with van der Waals surface area (Å²) < 4.78 is 0. The fraction of sp³-hybridized carbons (Fsp3) is 0.750. The first-order valence-electron chi connectivity index (χ1n) is 3.63. The predicted octanol–water partition coefficient (Wildman–Crippen LogP) is 2.92. The predicted molar refractivity (Wildman–Crippen MR) is 46.7 cm³/mol. The summed E-state index contributed by atoms with van der Waals surface area (Å²) in [6.07, 6.45) is 5.15. The molecule has 0 aliphatic carbocycles. The Balaban J connectivity index is 2.53. The molecule has 1 rings (SSSR count). The molecule has 1 heteroatoms. The maximum atomic E-state index is 2.46. The molecular weight excluding hydrogens is 127 g/mol. The van der Waals surface area contributed by atoms with Gasteiger partial charge in [-0.05, 0) is 26.8 Å². The molecule has 0 N–H and O–H groups in total. The first-order chi connectivity index (χ1) is 4.11. The van der Waals surface area contributed by atoms with Crippen LogP contribution in [0.15, 0.2) is 11.9 Å². The van der Waals surface area contributed by atoms with Crippen LogP contribution in [-0.2, 0) is 0 Å². The van der Waals surface area contributed by atoms with Gasteiger partial charge in [0.25, 0.3) is 0 Å². The second kappa shape index (κ2) is 2.42. The molecule has 0 amide bonds. The van der Waals surface area contributed by atoms with Crippen molar-refractivity contribution >= 4 is 7.92 Å². The third kappa shape index (κ3) is 1.79. The lowest BCUT2D eigenvalue weighted by atomic mass is 10.3. The van der Waals surface area contributed by atoms with E-state index in [0.717, 1.165) is 0 Å². The standard InChI is InChI=1S/C8H15P/c1-8(2,3)9-6-4-5-7-9/h4,6H,5,7H2,1-3H3/p+1. The fourth-order valence-electron chi connectivity index (χ4n) is 1.17. The van der Waals surface area contributed by atoms with Crippen LogP contribution >= 0.6 is 7.92 Å². The summed E-state index contributed by atoms with van der Waals surface area (Å²) in [6, 6.07) is 0. The average molecular weight is 143 g/mol. The maximum absolute atomic E-state index is 2.46. The van der Waals surface area contributed by atoms with E-state index in [9.17, 15) is 0 Å². The molecule has 0 spiro atoms. The van der Waals surface area contributed by atoms with Crippen LogP contribution in [0.1, 0.15) is 27.2 Å². The topological polar surface area (TPSA) is 0 Å². The average Bonchev–Trinajstić information content (AvgIpc) is 2.08. The molecule has 0 saturated carbocycles. The Morgan fingerprint density at radius 3 is 2.22 bits per heavy atom. The molecule has 1 unspecified atom stereocenters. The van der Waals surface area contributed by atoms with Crippen molar-refractivity contribution in [3.05, 3.63) is 11.9 Å². The Bertz CT molecular complexity index is 119. The summed E-state index contributed by atoms with van der Waals surface area (Å²) in [5.41, 5.74) is 0. The highest BCUT2D eigenvalue weighted by Gasteiger charge is 2.30. The van der Waals surface area contributed by atoms with E-state index in [1.165, 1.54) is 12.6 Å². The highest BCUT2D eigenvalue weighted by Crippen LogP contribution is 2.53. The van der Waals surface area contributed by atoms with Gasteiger partial charge in [-0.2, -0.15) is 0 Å². The molecule has 0 aromatic heterocycles. The minimum atomic E-state index is -0.108. The van der Waals surface area contributed by atoms with E-state index in [1.54, 1.807) is 0 Å². The maximum Gasteiger partial charge on any atom is 0.0734 e. The largest absolute Gasteiger partial charge is 0.0734 e. The lowest BCUT2D eigenvalue weighted by Crippen LogP contribution is -2.09. The van der Waals surface area contributed by atoms with Gasteiger partial charge in [-0.1, -0.05) is 0 Å². The normalized spacial score (nSPS) is 27.2. The first kappa shape index (κ1) is 7.28. The van der Waals surface area contributed by atoms with Gasteiger partial charge in [0.15, 0.2) is 0 Å². The molecule has 1 aliphatic rings. The molecular formula is C8H16P+. The zero-order chi connectivity index (χ0) is 6.91. The summed E-state index contributed by atoms with van der Waals surface area (Å²) in [5.74, 6) is 2.46.